The predicted octanol–water partition coefficient (Wildman–Crippen LogP) is 2.18. The highest BCUT2D eigenvalue weighted by Gasteiger charge is 2.26. The Morgan fingerprint density at radius 3 is 2.86 bits per heavy atom. The summed E-state index contributed by atoms with van der Waals surface area (Å²) in [4.78, 5) is 22.2. The summed E-state index contributed by atoms with van der Waals surface area (Å²) in [5.74, 6) is 1.60. The molecule has 1 aliphatic heterocycles. The molecule has 2 aromatic heterocycles. The summed E-state index contributed by atoms with van der Waals surface area (Å²) in [7, 11) is 0. The van der Waals surface area contributed by atoms with E-state index in [1.54, 1.807) is 30.3 Å². The van der Waals surface area contributed by atoms with E-state index in [2.05, 4.69) is 20.4 Å². The number of aromatic nitrogens is 3. The molecule has 0 aromatic carbocycles. The number of nitrogens with one attached hydrogen (secondary N) is 1. The molecule has 0 saturated carbocycles. The van der Waals surface area contributed by atoms with E-state index in [4.69, 9.17) is 4.52 Å². The summed E-state index contributed by atoms with van der Waals surface area (Å²) in [6.07, 6.45) is 5.00. The zero-order valence-corrected chi connectivity index (χ0v) is 11.8. The van der Waals surface area contributed by atoms with Crippen molar-refractivity contribution in [3.8, 4) is 0 Å². The fourth-order valence-corrected chi connectivity index (χ4v) is 2.46. The zero-order valence-electron chi connectivity index (χ0n) is 11.8. The number of carbonyl (C=O) groups is 1. The monoisotopic (exact) mass is 287 g/mol. The highest BCUT2D eigenvalue weighted by molar-refractivity contribution is 5.89. The lowest BCUT2D eigenvalue weighted by molar-refractivity contribution is 0.193. The molecule has 0 unspecified atom stereocenters. The molecular formula is C14H17N5O2. The highest BCUT2D eigenvalue weighted by Crippen LogP contribution is 2.26. The Kier molecular flexibility index (Phi) is 3.81. The molecule has 1 saturated heterocycles. The lowest BCUT2D eigenvalue weighted by atomic mass is 9.96. The smallest absolute Gasteiger partial charge is 0.321 e. The second kappa shape index (κ2) is 5.90. The predicted molar refractivity (Wildman–Crippen MR) is 75.8 cm³/mol. The van der Waals surface area contributed by atoms with Gasteiger partial charge in [-0.05, 0) is 25.0 Å². The van der Waals surface area contributed by atoms with E-state index in [1.807, 2.05) is 6.07 Å². The molecule has 2 aromatic rings. The maximum absolute atomic E-state index is 12.2. The molecular weight excluding hydrogens is 270 g/mol. The molecule has 0 spiro atoms. The molecule has 3 rings (SSSR count). The van der Waals surface area contributed by atoms with Crippen molar-refractivity contribution in [1.29, 1.82) is 0 Å². The zero-order chi connectivity index (χ0) is 14.7. The number of nitrogens with zero attached hydrogens (tertiary/aromatic N) is 4. The number of carbonyl (C=O) groups excluding carboxylic acids is 1. The van der Waals surface area contributed by atoms with Crippen LogP contribution in [0.15, 0.2) is 29.0 Å². The lowest BCUT2D eigenvalue weighted by Gasteiger charge is -2.30. The second-order valence-electron chi connectivity index (χ2n) is 5.10. The van der Waals surface area contributed by atoms with Crippen LogP contribution >= 0.6 is 0 Å². The average molecular weight is 287 g/mol. The minimum absolute atomic E-state index is 0.0919. The van der Waals surface area contributed by atoms with Crippen molar-refractivity contribution < 1.29 is 9.32 Å². The summed E-state index contributed by atoms with van der Waals surface area (Å²) < 4.78 is 5.01. The second-order valence-corrected chi connectivity index (χ2v) is 5.10. The molecule has 7 nitrogen and oxygen atoms in total. The first-order chi connectivity index (χ1) is 10.2. The molecule has 1 aliphatic rings. The van der Waals surface area contributed by atoms with E-state index in [0.29, 0.717) is 24.7 Å². The number of aryl methyl sites for hydroxylation is 1. The molecule has 21 heavy (non-hydrogen) atoms. The summed E-state index contributed by atoms with van der Waals surface area (Å²) in [6.45, 7) is 3.15. The van der Waals surface area contributed by atoms with Crippen molar-refractivity contribution in [3.63, 3.8) is 0 Å². The van der Waals surface area contributed by atoms with Gasteiger partial charge in [-0.15, -0.1) is 0 Å². The lowest BCUT2D eigenvalue weighted by Crippen LogP contribution is -2.40. The van der Waals surface area contributed by atoms with Gasteiger partial charge in [0.25, 0.3) is 0 Å². The fraction of sp³-hybridized carbons (Fsp3) is 0.429. The van der Waals surface area contributed by atoms with Crippen LogP contribution in [0.5, 0.6) is 0 Å². The van der Waals surface area contributed by atoms with Gasteiger partial charge in [-0.3, -0.25) is 4.98 Å². The number of likely N-dealkylation sites (tertiary alicyclic amines) is 1. The van der Waals surface area contributed by atoms with Gasteiger partial charge in [0.05, 0.1) is 11.9 Å². The van der Waals surface area contributed by atoms with E-state index in [1.165, 1.54) is 0 Å². The maximum atomic E-state index is 12.2. The quantitative estimate of drug-likeness (QED) is 0.915. The van der Waals surface area contributed by atoms with Crippen LogP contribution in [-0.4, -0.2) is 39.1 Å². The largest absolute Gasteiger partial charge is 0.340 e. The third-order valence-electron chi connectivity index (χ3n) is 3.60. The Morgan fingerprint density at radius 1 is 1.43 bits per heavy atom. The van der Waals surface area contributed by atoms with Gasteiger partial charge in [-0.2, -0.15) is 4.98 Å². The minimum Gasteiger partial charge on any atom is -0.340 e. The molecule has 2 amide bonds. The number of hydrogen-bond donors (Lipinski definition) is 1. The topological polar surface area (TPSA) is 84.2 Å². The minimum atomic E-state index is -0.0919. The van der Waals surface area contributed by atoms with Gasteiger partial charge in [-0.25, -0.2) is 4.79 Å². The van der Waals surface area contributed by atoms with Gasteiger partial charge in [0.15, 0.2) is 5.82 Å². The van der Waals surface area contributed by atoms with Gasteiger partial charge in [0.1, 0.15) is 0 Å². The van der Waals surface area contributed by atoms with Crippen molar-refractivity contribution >= 4 is 11.7 Å². The van der Waals surface area contributed by atoms with Crippen LogP contribution < -0.4 is 5.32 Å². The van der Waals surface area contributed by atoms with Gasteiger partial charge in [0, 0.05) is 32.1 Å². The van der Waals surface area contributed by atoms with E-state index < -0.39 is 0 Å². The molecule has 3 heterocycles. The van der Waals surface area contributed by atoms with Gasteiger partial charge < -0.3 is 14.7 Å². The molecule has 0 aliphatic carbocycles. The average Bonchev–Trinajstić information content (AvgIpc) is 2.95. The normalized spacial score (nSPS) is 16.0. The van der Waals surface area contributed by atoms with Crippen LogP contribution in [0.4, 0.5) is 10.5 Å². The number of rotatable bonds is 2. The Bertz CT molecular complexity index is 605. The number of hydrogen-bond acceptors (Lipinski definition) is 5. The van der Waals surface area contributed by atoms with Crippen molar-refractivity contribution in [3.05, 3.63) is 36.2 Å². The third-order valence-corrected chi connectivity index (χ3v) is 3.60. The summed E-state index contributed by atoms with van der Waals surface area (Å²) in [6, 6.07) is 3.52. The summed E-state index contributed by atoms with van der Waals surface area (Å²) in [5, 5.41) is 6.81. The first-order valence-electron chi connectivity index (χ1n) is 6.98. The summed E-state index contributed by atoms with van der Waals surface area (Å²) in [5.41, 5.74) is 0.707. The van der Waals surface area contributed by atoms with Crippen LogP contribution in [0.3, 0.4) is 0 Å². The maximum Gasteiger partial charge on any atom is 0.321 e. The molecule has 110 valence electrons. The molecule has 1 N–H and O–H groups in total. The first-order valence-corrected chi connectivity index (χ1v) is 6.98. The molecule has 0 bridgehead atoms. The van der Waals surface area contributed by atoms with E-state index >= 15 is 0 Å². The van der Waals surface area contributed by atoms with Crippen LogP contribution in [-0.2, 0) is 0 Å². The van der Waals surface area contributed by atoms with E-state index in [0.717, 1.165) is 18.7 Å². The Balaban J connectivity index is 1.54. The highest BCUT2D eigenvalue weighted by atomic mass is 16.5. The molecule has 0 radical (unpaired) electrons. The van der Waals surface area contributed by atoms with Crippen molar-refractivity contribution in [1.82, 2.24) is 20.0 Å². The van der Waals surface area contributed by atoms with Gasteiger partial charge in [0.2, 0.25) is 5.89 Å². The van der Waals surface area contributed by atoms with Crippen molar-refractivity contribution in [2.24, 2.45) is 0 Å². The number of pyridine rings is 1. The van der Waals surface area contributed by atoms with Gasteiger partial charge in [-0.1, -0.05) is 5.16 Å². The summed E-state index contributed by atoms with van der Waals surface area (Å²) >= 11 is 0. The Hall–Kier alpha value is -2.44. The fourth-order valence-electron chi connectivity index (χ4n) is 2.46. The Labute approximate surface area is 122 Å². The SMILES string of the molecule is Cc1nc(C2CCN(C(=O)Nc3cccnc3)CC2)no1. The van der Waals surface area contributed by atoms with E-state index in [9.17, 15) is 4.79 Å². The molecule has 0 atom stereocenters. The number of anilines is 1. The molecule has 7 heteroatoms. The van der Waals surface area contributed by atoms with Crippen molar-refractivity contribution in [2.45, 2.75) is 25.7 Å². The van der Waals surface area contributed by atoms with Crippen LogP contribution in [0.2, 0.25) is 0 Å². The Morgan fingerprint density at radius 2 is 2.24 bits per heavy atom. The number of urea groups is 1. The standard InChI is InChI=1S/C14H17N5O2/c1-10-16-13(18-21-10)11-4-7-19(8-5-11)14(20)17-12-3-2-6-15-9-12/h2-3,6,9,11H,4-5,7-8H2,1H3,(H,17,20). The third kappa shape index (κ3) is 3.18. The first kappa shape index (κ1) is 13.5. The number of piperidine rings is 1. The number of amides is 2. The van der Waals surface area contributed by atoms with Crippen LogP contribution in [0, 0.1) is 6.92 Å². The van der Waals surface area contributed by atoms with Gasteiger partial charge >= 0.3 is 6.03 Å². The van der Waals surface area contributed by atoms with E-state index in [-0.39, 0.29) is 11.9 Å². The van der Waals surface area contributed by atoms with Crippen LogP contribution in [0.25, 0.3) is 0 Å². The molecule has 1 fully saturated rings. The van der Waals surface area contributed by atoms with Crippen LogP contribution in [0.1, 0.15) is 30.5 Å². The van der Waals surface area contributed by atoms with Crippen molar-refractivity contribution in [2.75, 3.05) is 18.4 Å².